The van der Waals surface area contributed by atoms with Gasteiger partial charge in [-0.1, -0.05) is 12.0 Å². The van der Waals surface area contributed by atoms with Crippen molar-refractivity contribution in [1.29, 1.82) is 0 Å². The molecule has 0 aliphatic heterocycles. The van der Waals surface area contributed by atoms with Crippen molar-refractivity contribution in [3.63, 3.8) is 0 Å². The van der Waals surface area contributed by atoms with E-state index in [1.807, 2.05) is 19.9 Å². The van der Waals surface area contributed by atoms with Gasteiger partial charge in [-0.05, 0) is 21.6 Å². The van der Waals surface area contributed by atoms with Crippen LogP contribution in [0.15, 0.2) is 11.4 Å². The Balaban J connectivity index is 3.86. The molecular weight excluding hydrogens is 135 g/mol. The van der Waals surface area contributed by atoms with Gasteiger partial charge in [-0.2, -0.15) is 0 Å². The molecule has 0 aliphatic carbocycles. The zero-order valence-corrected chi connectivity index (χ0v) is 6.92. The number of allylic oxidation sites excluding steroid dienone is 2. The van der Waals surface area contributed by atoms with Gasteiger partial charge in [0.25, 0.3) is 0 Å². The molecule has 0 aromatic carbocycles. The van der Waals surface area contributed by atoms with Crippen molar-refractivity contribution in [2.75, 3.05) is 0 Å². The fourth-order valence-corrected chi connectivity index (χ4v) is 1.16. The van der Waals surface area contributed by atoms with Crippen LogP contribution < -0.4 is 0 Å². The van der Waals surface area contributed by atoms with Crippen LogP contribution in [0.4, 0.5) is 0 Å². The highest BCUT2D eigenvalue weighted by molar-refractivity contribution is 8.39. The van der Waals surface area contributed by atoms with E-state index in [-0.39, 0.29) is 0 Å². The van der Waals surface area contributed by atoms with E-state index in [1.165, 1.54) is 0 Å². The standard InChI is InChI=1S/C6H9PS/c1-3-5-6(4-2)7-8/h4,7-8H,1-2H3. The molecular formula is C6H9PS. The van der Waals surface area contributed by atoms with Crippen LogP contribution in [0.25, 0.3) is 0 Å². The monoisotopic (exact) mass is 144 g/mol. The van der Waals surface area contributed by atoms with Gasteiger partial charge >= 0.3 is 0 Å². The highest BCUT2D eigenvalue weighted by Gasteiger charge is 1.80. The third-order valence-electron chi connectivity index (χ3n) is 0.669. The summed E-state index contributed by atoms with van der Waals surface area (Å²) in [5, 5.41) is 1.12. The summed E-state index contributed by atoms with van der Waals surface area (Å²) >= 11 is 4.09. The second-order valence-corrected chi connectivity index (χ2v) is 2.62. The Kier molecular flexibility index (Phi) is 5.27. The maximum atomic E-state index is 4.09. The molecule has 1 unspecified atom stereocenters. The van der Waals surface area contributed by atoms with Crippen LogP contribution in [-0.2, 0) is 0 Å². The molecule has 8 heavy (non-hydrogen) atoms. The van der Waals surface area contributed by atoms with Gasteiger partial charge in [0.05, 0.1) is 0 Å². The number of rotatable bonds is 1. The first kappa shape index (κ1) is 8.08. The quantitative estimate of drug-likeness (QED) is 0.326. The molecule has 0 amide bonds. The van der Waals surface area contributed by atoms with Crippen molar-refractivity contribution in [1.82, 2.24) is 0 Å². The van der Waals surface area contributed by atoms with Crippen molar-refractivity contribution in [3.05, 3.63) is 11.4 Å². The first-order chi connectivity index (χ1) is 3.85. The molecule has 0 nitrogen and oxygen atoms in total. The minimum Gasteiger partial charge on any atom is -0.149 e. The first-order valence-electron chi connectivity index (χ1n) is 2.34. The summed E-state index contributed by atoms with van der Waals surface area (Å²) in [7, 11) is 0.538. The largest absolute Gasteiger partial charge is 0.149 e. The summed E-state index contributed by atoms with van der Waals surface area (Å²) in [5.74, 6) is 5.74. The Morgan fingerprint density at radius 2 is 2.38 bits per heavy atom. The van der Waals surface area contributed by atoms with E-state index >= 15 is 0 Å². The van der Waals surface area contributed by atoms with E-state index < -0.39 is 0 Å². The molecule has 2 heteroatoms. The fourth-order valence-electron chi connectivity index (χ4n) is 0.299. The molecule has 0 aromatic heterocycles. The van der Waals surface area contributed by atoms with Crippen LogP contribution in [-0.4, -0.2) is 0 Å². The van der Waals surface area contributed by atoms with Gasteiger partial charge in [0.15, 0.2) is 0 Å². The molecule has 44 valence electrons. The summed E-state index contributed by atoms with van der Waals surface area (Å²) in [4.78, 5) is 0. The maximum Gasteiger partial charge on any atom is 0.0282 e. The molecule has 0 spiro atoms. The highest BCUT2D eigenvalue weighted by Crippen LogP contribution is 2.25. The molecule has 0 saturated heterocycles. The first-order valence-corrected chi connectivity index (χ1v) is 4.63. The smallest absolute Gasteiger partial charge is 0.0282 e. The van der Waals surface area contributed by atoms with Gasteiger partial charge in [-0.3, -0.25) is 0 Å². The SMILES string of the molecule is CC#CC(=CC)PS. The van der Waals surface area contributed by atoms with Crippen LogP contribution in [0.3, 0.4) is 0 Å². The average molecular weight is 144 g/mol. The molecule has 0 rings (SSSR count). The van der Waals surface area contributed by atoms with E-state index in [9.17, 15) is 0 Å². The predicted octanol–water partition coefficient (Wildman–Crippen LogP) is 2.44. The number of hydrogen-bond donors (Lipinski definition) is 1. The third kappa shape index (κ3) is 3.13. The third-order valence-corrected chi connectivity index (χ3v) is 2.05. The summed E-state index contributed by atoms with van der Waals surface area (Å²) in [6, 6.07) is 0. The van der Waals surface area contributed by atoms with E-state index in [4.69, 9.17) is 0 Å². The molecule has 0 N–H and O–H groups in total. The topological polar surface area (TPSA) is 0 Å². The molecule has 0 heterocycles. The Bertz CT molecular complexity index is 138. The molecule has 1 atom stereocenters. The Hall–Kier alpha value is 0.0800. The zero-order chi connectivity index (χ0) is 6.41. The van der Waals surface area contributed by atoms with Crippen LogP contribution >= 0.6 is 20.0 Å². The summed E-state index contributed by atoms with van der Waals surface area (Å²) in [6.07, 6.45) is 1.99. The molecule has 0 saturated carbocycles. The minimum absolute atomic E-state index is 0.538. The molecule has 0 bridgehead atoms. The van der Waals surface area contributed by atoms with E-state index in [0.29, 0.717) is 7.78 Å². The summed E-state index contributed by atoms with van der Waals surface area (Å²) < 4.78 is 0. The maximum absolute atomic E-state index is 4.09. The Labute approximate surface area is 57.7 Å². The van der Waals surface area contributed by atoms with Crippen molar-refractivity contribution >= 4 is 20.0 Å². The molecule has 0 aromatic rings. The lowest BCUT2D eigenvalue weighted by atomic mass is 10.5. The fraction of sp³-hybridized carbons (Fsp3) is 0.333. The lowest BCUT2D eigenvalue weighted by Gasteiger charge is -1.85. The lowest BCUT2D eigenvalue weighted by molar-refractivity contribution is 1.73. The second kappa shape index (κ2) is 5.22. The minimum atomic E-state index is 0.538. The summed E-state index contributed by atoms with van der Waals surface area (Å²) in [5.41, 5.74) is 0. The second-order valence-electron chi connectivity index (χ2n) is 1.19. The lowest BCUT2D eigenvalue weighted by Crippen LogP contribution is -1.58. The van der Waals surface area contributed by atoms with Gasteiger partial charge in [0.1, 0.15) is 0 Å². The number of thiol groups is 1. The predicted molar refractivity (Wildman–Crippen MR) is 44.5 cm³/mol. The Morgan fingerprint density at radius 1 is 1.75 bits per heavy atom. The van der Waals surface area contributed by atoms with Crippen LogP contribution in [0.2, 0.25) is 0 Å². The summed E-state index contributed by atoms with van der Waals surface area (Å²) in [6.45, 7) is 3.81. The molecule has 0 fully saturated rings. The normalized spacial score (nSPS) is 11.6. The number of hydrogen-bond acceptors (Lipinski definition) is 1. The van der Waals surface area contributed by atoms with Crippen LogP contribution in [0.1, 0.15) is 13.8 Å². The van der Waals surface area contributed by atoms with Gasteiger partial charge in [-0.25, -0.2) is 0 Å². The van der Waals surface area contributed by atoms with Gasteiger partial charge in [0.2, 0.25) is 0 Å². The van der Waals surface area contributed by atoms with E-state index in [0.717, 1.165) is 5.31 Å². The zero-order valence-electron chi connectivity index (χ0n) is 5.02. The van der Waals surface area contributed by atoms with Crippen molar-refractivity contribution in [2.24, 2.45) is 0 Å². The van der Waals surface area contributed by atoms with E-state index in [1.54, 1.807) is 0 Å². The molecule has 0 radical (unpaired) electrons. The van der Waals surface area contributed by atoms with Crippen molar-refractivity contribution in [2.45, 2.75) is 13.8 Å². The van der Waals surface area contributed by atoms with Crippen molar-refractivity contribution in [3.8, 4) is 11.8 Å². The van der Waals surface area contributed by atoms with Gasteiger partial charge in [-0.15, -0.1) is 18.2 Å². The van der Waals surface area contributed by atoms with Gasteiger partial charge < -0.3 is 0 Å². The molecule has 0 aliphatic rings. The van der Waals surface area contributed by atoms with Crippen LogP contribution in [0, 0.1) is 11.8 Å². The van der Waals surface area contributed by atoms with E-state index in [2.05, 4.69) is 24.1 Å². The Morgan fingerprint density at radius 3 is 2.50 bits per heavy atom. The van der Waals surface area contributed by atoms with Crippen LogP contribution in [0.5, 0.6) is 0 Å². The van der Waals surface area contributed by atoms with Crippen molar-refractivity contribution < 1.29 is 0 Å². The highest BCUT2D eigenvalue weighted by atomic mass is 32.7. The van der Waals surface area contributed by atoms with Gasteiger partial charge in [0, 0.05) is 5.31 Å². The average Bonchev–Trinajstić information content (AvgIpc) is 1.83.